The number of methoxy groups -OCH3 is 1. The van der Waals surface area contributed by atoms with E-state index in [9.17, 15) is 28.5 Å². The van der Waals surface area contributed by atoms with Gasteiger partial charge in [-0.05, 0) is 17.7 Å². The quantitative estimate of drug-likeness (QED) is 0.399. The largest absolute Gasteiger partial charge is 0.493 e. The summed E-state index contributed by atoms with van der Waals surface area (Å²) in [5.74, 6) is -1.59. The van der Waals surface area contributed by atoms with E-state index in [0.29, 0.717) is 24.2 Å². The summed E-state index contributed by atoms with van der Waals surface area (Å²) in [6.07, 6.45) is 0.484. The van der Waals surface area contributed by atoms with Crippen molar-refractivity contribution in [3.8, 4) is 11.5 Å². The standard InChI is InChI=1S/C19H17F2N3O6/c1-29-15-8-13(14(24(27)28)9-16(15)30-19(20)21)18(26)22-10-11-3-2-4-12(7-11)23-6-5-17(23)25/h2-4,7-9,19H,5-6,10H2,1H3,(H,22,26). The van der Waals surface area contributed by atoms with Gasteiger partial charge in [0.1, 0.15) is 5.56 Å². The van der Waals surface area contributed by atoms with Crippen molar-refractivity contribution < 1.29 is 32.8 Å². The number of nitrogens with zero attached hydrogens (tertiary/aromatic N) is 2. The molecule has 0 aliphatic carbocycles. The van der Waals surface area contributed by atoms with Crippen LogP contribution in [0.5, 0.6) is 11.5 Å². The minimum atomic E-state index is -3.22. The molecule has 11 heteroatoms. The molecule has 2 amide bonds. The normalized spacial score (nSPS) is 13.1. The molecule has 2 aromatic rings. The zero-order chi connectivity index (χ0) is 21.8. The Morgan fingerprint density at radius 3 is 2.63 bits per heavy atom. The Morgan fingerprint density at radius 1 is 1.30 bits per heavy atom. The Kier molecular flexibility index (Phi) is 6.09. The summed E-state index contributed by atoms with van der Waals surface area (Å²) < 4.78 is 34.2. The van der Waals surface area contributed by atoms with Crippen LogP contribution in [0, 0.1) is 10.1 Å². The molecule has 1 aliphatic heterocycles. The monoisotopic (exact) mass is 421 g/mol. The molecule has 30 heavy (non-hydrogen) atoms. The van der Waals surface area contributed by atoms with Gasteiger partial charge in [-0.3, -0.25) is 19.7 Å². The van der Waals surface area contributed by atoms with E-state index in [-0.39, 0.29) is 23.8 Å². The van der Waals surface area contributed by atoms with Gasteiger partial charge in [0.05, 0.1) is 18.1 Å². The Hall–Kier alpha value is -3.76. The Labute approximate surface area is 169 Å². The van der Waals surface area contributed by atoms with Crippen molar-refractivity contribution in [2.45, 2.75) is 19.6 Å². The predicted octanol–water partition coefficient (Wildman–Crippen LogP) is 2.87. The number of ether oxygens (including phenoxy) is 2. The summed E-state index contributed by atoms with van der Waals surface area (Å²) in [6, 6.07) is 8.63. The fraction of sp³-hybridized carbons (Fsp3) is 0.263. The summed E-state index contributed by atoms with van der Waals surface area (Å²) in [5, 5.41) is 13.9. The van der Waals surface area contributed by atoms with Gasteiger partial charge in [-0.2, -0.15) is 8.78 Å². The molecule has 0 bridgehead atoms. The number of rotatable bonds is 8. The molecule has 2 aromatic carbocycles. The number of amides is 2. The lowest BCUT2D eigenvalue weighted by Gasteiger charge is -2.30. The zero-order valence-corrected chi connectivity index (χ0v) is 15.8. The molecule has 0 spiro atoms. The van der Waals surface area contributed by atoms with Crippen LogP contribution in [0.3, 0.4) is 0 Å². The van der Waals surface area contributed by atoms with Crippen LogP contribution in [-0.2, 0) is 11.3 Å². The summed E-state index contributed by atoms with van der Waals surface area (Å²) in [7, 11) is 1.16. The molecule has 3 rings (SSSR count). The third-order valence-electron chi connectivity index (χ3n) is 4.46. The second-order valence-corrected chi connectivity index (χ2v) is 6.30. The van der Waals surface area contributed by atoms with Gasteiger partial charge in [0.2, 0.25) is 5.91 Å². The molecular formula is C19H17F2N3O6. The number of benzene rings is 2. The lowest BCUT2D eigenvalue weighted by atomic mass is 10.1. The van der Waals surface area contributed by atoms with Gasteiger partial charge >= 0.3 is 6.61 Å². The molecular weight excluding hydrogens is 404 g/mol. The van der Waals surface area contributed by atoms with Gasteiger partial charge in [-0.15, -0.1) is 0 Å². The first kappa shape index (κ1) is 21.0. The molecule has 0 unspecified atom stereocenters. The lowest BCUT2D eigenvalue weighted by Crippen LogP contribution is -2.43. The van der Waals surface area contributed by atoms with Gasteiger partial charge in [0.25, 0.3) is 11.6 Å². The van der Waals surface area contributed by atoms with E-state index in [1.54, 1.807) is 29.2 Å². The van der Waals surface area contributed by atoms with E-state index < -0.39 is 28.9 Å². The number of hydrogen-bond acceptors (Lipinski definition) is 6. The first-order chi connectivity index (χ1) is 14.3. The van der Waals surface area contributed by atoms with Crippen LogP contribution >= 0.6 is 0 Å². The lowest BCUT2D eigenvalue weighted by molar-refractivity contribution is -0.385. The highest BCUT2D eigenvalue weighted by molar-refractivity contribution is 6.00. The molecule has 1 fully saturated rings. The minimum absolute atomic E-state index is 0.00464. The Bertz CT molecular complexity index is 998. The average molecular weight is 421 g/mol. The second-order valence-electron chi connectivity index (χ2n) is 6.30. The van der Waals surface area contributed by atoms with Crippen molar-refractivity contribution in [2.24, 2.45) is 0 Å². The van der Waals surface area contributed by atoms with E-state index in [0.717, 1.165) is 19.2 Å². The number of anilines is 1. The summed E-state index contributed by atoms with van der Waals surface area (Å²) >= 11 is 0. The van der Waals surface area contributed by atoms with Crippen molar-refractivity contribution in [2.75, 3.05) is 18.6 Å². The third-order valence-corrected chi connectivity index (χ3v) is 4.46. The topological polar surface area (TPSA) is 111 Å². The van der Waals surface area contributed by atoms with E-state index in [1.807, 2.05) is 0 Å². The maximum absolute atomic E-state index is 12.6. The van der Waals surface area contributed by atoms with E-state index >= 15 is 0 Å². The van der Waals surface area contributed by atoms with Crippen LogP contribution in [0.15, 0.2) is 36.4 Å². The van der Waals surface area contributed by atoms with Gasteiger partial charge in [-0.1, -0.05) is 12.1 Å². The number of nitro benzene ring substituents is 1. The van der Waals surface area contributed by atoms with Gasteiger partial charge < -0.3 is 19.7 Å². The summed E-state index contributed by atoms with van der Waals surface area (Å²) in [6.45, 7) is -2.57. The molecule has 0 aromatic heterocycles. The molecule has 1 saturated heterocycles. The molecule has 1 N–H and O–H groups in total. The second kappa shape index (κ2) is 8.72. The fourth-order valence-corrected chi connectivity index (χ4v) is 2.93. The van der Waals surface area contributed by atoms with Gasteiger partial charge in [0.15, 0.2) is 11.5 Å². The molecule has 9 nitrogen and oxygen atoms in total. The highest BCUT2D eigenvalue weighted by atomic mass is 19.3. The van der Waals surface area contributed by atoms with Crippen LogP contribution < -0.4 is 19.7 Å². The van der Waals surface area contributed by atoms with Crippen molar-refractivity contribution in [3.05, 3.63) is 57.6 Å². The number of halogens is 2. The first-order valence-electron chi connectivity index (χ1n) is 8.79. The predicted molar refractivity (Wildman–Crippen MR) is 101 cm³/mol. The molecule has 0 radical (unpaired) electrons. The van der Waals surface area contributed by atoms with Crippen molar-refractivity contribution in [3.63, 3.8) is 0 Å². The fourth-order valence-electron chi connectivity index (χ4n) is 2.93. The first-order valence-corrected chi connectivity index (χ1v) is 8.79. The number of β-lactam (4-membered cyclic amide) rings is 1. The molecule has 1 heterocycles. The Morgan fingerprint density at radius 2 is 2.07 bits per heavy atom. The number of alkyl halides is 2. The summed E-state index contributed by atoms with van der Waals surface area (Å²) in [5.41, 5.74) is 0.295. The molecule has 1 aliphatic rings. The van der Waals surface area contributed by atoms with Crippen LogP contribution in [0.4, 0.5) is 20.2 Å². The summed E-state index contributed by atoms with van der Waals surface area (Å²) in [4.78, 5) is 36.2. The third kappa shape index (κ3) is 4.45. The maximum Gasteiger partial charge on any atom is 0.387 e. The van der Waals surface area contributed by atoms with Crippen LogP contribution in [0.1, 0.15) is 22.3 Å². The Balaban J connectivity index is 1.80. The van der Waals surface area contributed by atoms with E-state index in [4.69, 9.17) is 4.74 Å². The van der Waals surface area contributed by atoms with Crippen molar-refractivity contribution >= 4 is 23.2 Å². The van der Waals surface area contributed by atoms with E-state index in [2.05, 4.69) is 10.1 Å². The number of hydrogen-bond donors (Lipinski definition) is 1. The average Bonchev–Trinajstić information content (AvgIpc) is 2.70. The van der Waals surface area contributed by atoms with Crippen LogP contribution in [-0.4, -0.2) is 37.0 Å². The van der Waals surface area contributed by atoms with E-state index in [1.165, 1.54) is 0 Å². The molecule has 0 saturated carbocycles. The van der Waals surface area contributed by atoms with Crippen LogP contribution in [0.2, 0.25) is 0 Å². The van der Waals surface area contributed by atoms with Crippen molar-refractivity contribution in [1.82, 2.24) is 5.32 Å². The number of carbonyl (C=O) groups excluding carboxylic acids is 2. The number of nitro groups is 1. The van der Waals surface area contributed by atoms with Crippen LogP contribution in [0.25, 0.3) is 0 Å². The van der Waals surface area contributed by atoms with Gasteiger partial charge in [-0.25, -0.2) is 0 Å². The highest BCUT2D eigenvalue weighted by Gasteiger charge is 2.27. The van der Waals surface area contributed by atoms with Gasteiger partial charge in [0, 0.05) is 31.3 Å². The highest BCUT2D eigenvalue weighted by Crippen LogP contribution is 2.35. The number of nitrogens with one attached hydrogen (secondary N) is 1. The zero-order valence-electron chi connectivity index (χ0n) is 15.8. The smallest absolute Gasteiger partial charge is 0.387 e. The number of carbonyl (C=O) groups is 2. The van der Waals surface area contributed by atoms with Crippen molar-refractivity contribution in [1.29, 1.82) is 0 Å². The molecule has 0 atom stereocenters. The minimum Gasteiger partial charge on any atom is -0.493 e. The molecule has 158 valence electrons. The SMILES string of the molecule is COc1cc(C(=O)NCc2cccc(N3CCC3=O)c2)c([N+](=O)[O-])cc1OC(F)F. The maximum atomic E-state index is 12.6.